The molecule has 2 aliphatic rings. The number of alkyl halides is 3. The van der Waals surface area contributed by atoms with Crippen molar-refractivity contribution in [1.29, 1.82) is 0 Å². The lowest BCUT2D eigenvalue weighted by Gasteiger charge is -2.29. The molecule has 3 aromatic rings. The van der Waals surface area contributed by atoms with Gasteiger partial charge in [0.25, 0.3) is 5.91 Å². The second-order valence-corrected chi connectivity index (χ2v) is 10.2. The summed E-state index contributed by atoms with van der Waals surface area (Å²) in [5, 5.41) is 14.8. The van der Waals surface area contributed by atoms with Crippen molar-refractivity contribution in [1.82, 2.24) is 14.9 Å². The largest absolute Gasteiger partial charge is 0.481 e. The number of benzene rings is 1. The average molecular weight is 572 g/mol. The highest BCUT2D eigenvalue weighted by molar-refractivity contribution is 6.04. The van der Waals surface area contributed by atoms with Gasteiger partial charge in [0.1, 0.15) is 5.82 Å². The Morgan fingerprint density at radius 3 is 2.32 bits per heavy atom. The lowest BCUT2D eigenvalue weighted by molar-refractivity contribution is -0.153. The fourth-order valence-electron chi connectivity index (χ4n) is 5.25. The number of hydrogen-bond donors (Lipinski definition) is 3. The van der Waals surface area contributed by atoms with Gasteiger partial charge in [0, 0.05) is 30.6 Å². The first-order chi connectivity index (χ1) is 19.6. The number of carbonyl (C=O) groups is 3. The van der Waals surface area contributed by atoms with Gasteiger partial charge in [-0.3, -0.25) is 14.4 Å². The highest BCUT2D eigenvalue weighted by Gasteiger charge is 2.42. The summed E-state index contributed by atoms with van der Waals surface area (Å²) in [7, 11) is 0. The first kappa shape index (κ1) is 28.1. The van der Waals surface area contributed by atoms with E-state index in [1.165, 1.54) is 24.4 Å². The number of nitrogens with one attached hydrogen (secondary N) is 2. The number of anilines is 2. The third-order valence-electron chi connectivity index (χ3n) is 7.42. The van der Waals surface area contributed by atoms with Gasteiger partial charge >= 0.3 is 12.1 Å². The molecular formula is C28H28F3N5O5. The van der Waals surface area contributed by atoms with Crippen LogP contribution in [0, 0.1) is 11.8 Å². The van der Waals surface area contributed by atoms with Gasteiger partial charge in [-0.15, -0.1) is 0 Å². The number of carboxylic acid groups (broad SMARTS) is 1. The summed E-state index contributed by atoms with van der Waals surface area (Å²) in [4.78, 5) is 46.7. The summed E-state index contributed by atoms with van der Waals surface area (Å²) >= 11 is 0. The van der Waals surface area contributed by atoms with Gasteiger partial charge in [-0.25, -0.2) is 9.97 Å². The van der Waals surface area contributed by atoms with Gasteiger partial charge in [0.05, 0.1) is 17.8 Å². The maximum Gasteiger partial charge on any atom is 0.452 e. The van der Waals surface area contributed by atoms with Crippen LogP contribution in [0.3, 0.4) is 0 Å². The van der Waals surface area contributed by atoms with Gasteiger partial charge < -0.3 is 25.1 Å². The van der Waals surface area contributed by atoms with Crippen molar-refractivity contribution in [3.05, 3.63) is 60.1 Å². The first-order valence-electron chi connectivity index (χ1n) is 13.3. The molecule has 216 valence electrons. The van der Waals surface area contributed by atoms with Gasteiger partial charge in [0.2, 0.25) is 17.6 Å². The van der Waals surface area contributed by atoms with E-state index in [0.29, 0.717) is 56.6 Å². The van der Waals surface area contributed by atoms with E-state index in [1.807, 2.05) is 0 Å². The van der Waals surface area contributed by atoms with Crippen LogP contribution in [0.5, 0.6) is 0 Å². The minimum Gasteiger partial charge on any atom is -0.481 e. The Morgan fingerprint density at radius 1 is 0.976 bits per heavy atom. The van der Waals surface area contributed by atoms with Gasteiger partial charge in [-0.2, -0.15) is 13.2 Å². The van der Waals surface area contributed by atoms with Crippen LogP contribution < -0.4 is 10.6 Å². The average Bonchev–Trinajstić information content (AvgIpc) is 3.62. The minimum atomic E-state index is -4.92. The minimum absolute atomic E-state index is 0.0469. The second kappa shape index (κ2) is 11.6. The molecule has 3 heterocycles. The molecule has 2 amide bonds. The number of aliphatic carboxylic acids is 1. The van der Waals surface area contributed by atoms with Gasteiger partial charge in [-0.1, -0.05) is 18.2 Å². The van der Waals surface area contributed by atoms with Gasteiger partial charge in [-0.05, 0) is 56.4 Å². The third kappa shape index (κ3) is 6.50. The first-order valence-corrected chi connectivity index (χ1v) is 13.3. The summed E-state index contributed by atoms with van der Waals surface area (Å²) in [6.07, 6.45) is -0.742. The Hall–Kier alpha value is -4.42. The van der Waals surface area contributed by atoms with Crippen LogP contribution in [0.2, 0.25) is 0 Å². The standard InChI is InChI=1S/C28H28F3N5O5/c29-28(30,31)23-22(35-25(41-23)16-4-2-1-3-5-16)24(37)34-19-10-11-21(32-14-19)33-20-12-13-36(15-20)26(38)17-6-8-18(9-7-17)27(39)40/h1-5,10-11,14,17-18,20H,6-9,12-13,15H2,(H,32,33)(H,34,37)(H,39,40)/t17?,18?,20-/m0/s1. The predicted octanol–water partition coefficient (Wildman–Crippen LogP) is 4.91. The van der Waals surface area contributed by atoms with Crippen LogP contribution in [-0.4, -0.2) is 56.9 Å². The predicted molar refractivity (Wildman–Crippen MR) is 141 cm³/mol. The van der Waals surface area contributed by atoms with E-state index in [2.05, 4.69) is 20.6 Å². The number of amides is 2. The number of hydrogen-bond acceptors (Lipinski definition) is 7. The Bertz CT molecular complexity index is 1400. The van der Waals surface area contributed by atoms with E-state index < -0.39 is 29.5 Å². The molecule has 5 rings (SSSR count). The number of carboxylic acids is 1. The number of halogens is 3. The zero-order valence-electron chi connectivity index (χ0n) is 21.9. The molecule has 2 fully saturated rings. The van der Waals surface area contributed by atoms with E-state index in [0.717, 1.165) is 0 Å². The third-order valence-corrected chi connectivity index (χ3v) is 7.42. The van der Waals surface area contributed by atoms with Crippen LogP contribution in [0.15, 0.2) is 53.1 Å². The fraction of sp³-hybridized carbons (Fsp3) is 0.393. The number of carbonyl (C=O) groups excluding carboxylic acids is 2. The van der Waals surface area contributed by atoms with Crippen molar-refractivity contribution in [2.75, 3.05) is 23.7 Å². The van der Waals surface area contributed by atoms with Crippen LogP contribution in [-0.2, 0) is 15.8 Å². The summed E-state index contributed by atoms with van der Waals surface area (Å²) < 4.78 is 45.6. The number of rotatable bonds is 7. The molecule has 3 N–H and O–H groups in total. The molecule has 1 aliphatic heterocycles. The molecule has 0 radical (unpaired) electrons. The molecule has 2 aromatic heterocycles. The SMILES string of the molecule is O=C(Nc1ccc(N[C@H]2CCN(C(=O)C3CCC(C(=O)O)CC3)C2)nc1)c1nc(-c2ccccc2)oc1C(F)(F)F. The van der Waals surface area contributed by atoms with E-state index in [-0.39, 0.29) is 35.4 Å². The summed E-state index contributed by atoms with van der Waals surface area (Å²) in [6, 6.07) is 11.0. The zero-order valence-corrected chi connectivity index (χ0v) is 21.9. The van der Waals surface area contributed by atoms with Crippen LogP contribution >= 0.6 is 0 Å². The molecule has 13 heteroatoms. The van der Waals surface area contributed by atoms with Crippen LogP contribution in [0.1, 0.15) is 48.4 Å². The molecule has 0 bridgehead atoms. The van der Waals surface area contributed by atoms with Crippen molar-refractivity contribution < 1.29 is 37.1 Å². The Labute approximate surface area is 233 Å². The summed E-state index contributed by atoms with van der Waals surface area (Å²) in [6.45, 7) is 1.06. The monoisotopic (exact) mass is 571 g/mol. The summed E-state index contributed by atoms with van der Waals surface area (Å²) in [5.41, 5.74) is -0.421. The highest BCUT2D eigenvalue weighted by atomic mass is 19.4. The number of nitrogens with zero attached hydrogens (tertiary/aromatic N) is 3. The Kier molecular flexibility index (Phi) is 7.95. The maximum atomic E-state index is 13.6. The van der Waals surface area contributed by atoms with Crippen LogP contribution in [0.25, 0.3) is 11.5 Å². The Morgan fingerprint density at radius 2 is 1.68 bits per heavy atom. The van der Waals surface area contributed by atoms with E-state index >= 15 is 0 Å². The van der Waals surface area contributed by atoms with E-state index in [9.17, 15) is 27.6 Å². The number of likely N-dealkylation sites (tertiary alicyclic amines) is 1. The molecule has 10 nitrogen and oxygen atoms in total. The normalized spacial score (nSPS) is 21.0. The van der Waals surface area contributed by atoms with Crippen molar-refractivity contribution in [3.63, 3.8) is 0 Å². The van der Waals surface area contributed by atoms with Gasteiger partial charge in [0.15, 0.2) is 5.69 Å². The van der Waals surface area contributed by atoms with E-state index in [1.54, 1.807) is 29.2 Å². The highest BCUT2D eigenvalue weighted by Crippen LogP contribution is 2.36. The molecule has 0 unspecified atom stereocenters. The number of oxazole rings is 1. The quantitative estimate of drug-likeness (QED) is 0.364. The molecule has 1 atom stereocenters. The Balaban J connectivity index is 1.17. The molecule has 41 heavy (non-hydrogen) atoms. The molecular weight excluding hydrogens is 543 g/mol. The molecule has 0 spiro atoms. The van der Waals surface area contributed by atoms with Crippen molar-refractivity contribution in [3.8, 4) is 11.5 Å². The summed E-state index contributed by atoms with van der Waals surface area (Å²) in [5.74, 6) is -3.71. The maximum absolute atomic E-state index is 13.6. The second-order valence-electron chi connectivity index (χ2n) is 10.2. The number of aromatic nitrogens is 2. The smallest absolute Gasteiger partial charge is 0.452 e. The van der Waals surface area contributed by atoms with Crippen molar-refractivity contribution >= 4 is 29.3 Å². The molecule has 1 saturated heterocycles. The molecule has 1 aromatic carbocycles. The topological polar surface area (TPSA) is 138 Å². The molecule has 1 saturated carbocycles. The van der Waals surface area contributed by atoms with Crippen molar-refractivity contribution in [2.45, 2.75) is 44.3 Å². The zero-order chi connectivity index (χ0) is 29.1. The molecule has 1 aliphatic carbocycles. The van der Waals surface area contributed by atoms with E-state index in [4.69, 9.17) is 9.52 Å². The fourth-order valence-corrected chi connectivity index (χ4v) is 5.25. The lowest BCUT2D eigenvalue weighted by Crippen LogP contribution is -2.38. The van der Waals surface area contributed by atoms with Crippen molar-refractivity contribution in [2.24, 2.45) is 11.8 Å². The number of pyridine rings is 1. The lowest BCUT2D eigenvalue weighted by atomic mass is 9.81. The van der Waals surface area contributed by atoms with Crippen LogP contribution in [0.4, 0.5) is 24.7 Å².